The lowest BCUT2D eigenvalue weighted by molar-refractivity contribution is 0.0601. The molecule has 0 N–H and O–H groups in total. The molecule has 0 bridgehead atoms. The molecule has 1 heterocycles. The molecule has 2 aromatic carbocycles. The monoisotopic (exact) mass is 395 g/mol. The maximum atomic E-state index is 11.7. The van der Waals surface area contributed by atoms with Gasteiger partial charge in [-0.15, -0.1) is 11.3 Å². The number of hydrogen-bond donors (Lipinski definition) is 0. The number of fused-ring (bicyclic) bond motifs is 1. The highest BCUT2D eigenvalue weighted by Crippen LogP contribution is 2.39. The number of esters is 1. The third-order valence-corrected chi connectivity index (χ3v) is 6.69. The summed E-state index contributed by atoms with van der Waals surface area (Å²) in [6.07, 6.45) is 4.68. The van der Waals surface area contributed by atoms with E-state index in [1.165, 1.54) is 30.5 Å². The van der Waals surface area contributed by atoms with E-state index in [0.29, 0.717) is 24.0 Å². The van der Waals surface area contributed by atoms with Gasteiger partial charge in [-0.25, -0.2) is 9.78 Å². The van der Waals surface area contributed by atoms with Gasteiger partial charge in [-0.05, 0) is 55.4 Å². The second-order valence-electron chi connectivity index (χ2n) is 7.44. The number of carbonyl (C=O) groups is 1. The molecule has 1 aliphatic carbocycles. The lowest BCUT2D eigenvalue weighted by atomic mass is 9.83. The number of benzene rings is 2. The van der Waals surface area contributed by atoms with Crippen molar-refractivity contribution in [1.29, 1.82) is 0 Å². The minimum atomic E-state index is -0.313. The smallest absolute Gasteiger partial charge is 0.337 e. The first-order valence-corrected chi connectivity index (χ1v) is 10.6. The summed E-state index contributed by atoms with van der Waals surface area (Å²) in [4.78, 5) is 16.5. The average molecular weight is 396 g/mol. The van der Waals surface area contributed by atoms with Gasteiger partial charge in [-0.2, -0.15) is 0 Å². The van der Waals surface area contributed by atoms with Crippen molar-refractivity contribution in [2.24, 2.45) is 5.92 Å². The Kier molecular flexibility index (Phi) is 6.03. The Labute approximate surface area is 169 Å². The molecule has 1 fully saturated rings. The molecular weight excluding hydrogens is 370 g/mol. The first-order chi connectivity index (χ1) is 13.7. The summed E-state index contributed by atoms with van der Waals surface area (Å²) in [7, 11) is 1.40. The van der Waals surface area contributed by atoms with Crippen LogP contribution in [-0.4, -0.2) is 24.7 Å². The summed E-state index contributed by atoms with van der Waals surface area (Å²) in [5.41, 5.74) is 2.69. The van der Waals surface area contributed by atoms with Crippen LogP contribution in [0.1, 0.15) is 52.5 Å². The second-order valence-corrected chi connectivity index (χ2v) is 8.51. The van der Waals surface area contributed by atoms with E-state index in [4.69, 9.17) is 14.5 Å². The summed E-state index contributed by atoms with van der Waals surface area (Å²) in [5.74, 6) is 0.845. The topological polar surface area (TPSA) is 48.4 Å². The molecular formula is C23H25NO3S. The van der Waals surface area contributed by atoms with Gasteiger partial charge in [0.1, 0.15) is 0 Å². The molecule has 0 amide bonds. The zero-order valence-corrected chi connectivity index (χ0v) is 16.9. The zero-order valence-electron chi connectivity index (χ0n) is 16.1. The van der Waals surface area contributed by atoms with Crippen LogP contribution in [0.15, 0.2) is 48.5 Å². The van der Waals surface area contributed by atoms with E-state index in [1.54, 1.807) is 11.3 Å². The number of nitrogens with zero attached hydrogens (tertiary/aromatic N) is 1. The predicted molar refractivity (Wildman–Crippen MR) is 112 cm³/mol. The number of ether oxygens (including phenoxy) is 2. The van der Waals surface area contributed by atoms with Crippen LogP contribution in [0.25, 0.3) is 10.2 Å². The molecule has 4 nitrogen and oxygen atoms in total. The van der Waals surface area contributed by atoms with Crippen LogP contribution in [0, 0.1) is 5.92 Å². The standard InChI is InChI=1S/C23H25NO3S/c1-26-23(25)19-11-12-21-20(13-19)24-22(28-21)18-9-7-17(8-10-18)15-27-14-16-5-3-2-4-6-16/h2-6,11-13,17-18H,7-10,14-15H2,1H3/t17-,18-. The largest absolute Gasteiger partial charge is 0.465 e. The summed E-state index contributed by atoms with van der Waals surface area (Å²) in [6, 6.07) is 16.0. The molecule has 1 aromatic heterocycles. The van der Waals surface area contributed by atoms with E-state index < -0.39 is 0 Å². The molecule has 146 valence electrons. The molecule has 4 rings (SSSR count). The minimum absolute atomic E-state index is 0.313. The third-order valence-electron chi connectivity index (χ3n) is 5.49. The molecule has 0 saturated heterocycles. The minimum Gasteiger partial charge on any atom is -0.465 e. The van der Waals surface area contributed by atoms with Crippen LogP contribution in [-0.2, 0) is 16.1 Å². The molecule has 0 spiro atoms. The van der Waals surface area contributed by atoms with E-state index >= 15 is 0 Å². The highest BCUT2D eigenvalue weighted by Gasteiger charge is 2.25. The predicted octanol–water partition coefficient (Wildman–Crippen LogP) is 5.57. The molecule has 5 heteroatoms. The summed E-state index contributed by atoms with van der Waals surface area (Å²) < 4.78 is 11.9. The number of carbonyl (C=O) groups excluding carboxylic acids is 1. The molecule has 0 aliphatic heterocycles. The molecule has 1 aliphatic rings. The van der Waals surface area contributed by atoms with Gasteiger partial charge >= 0.3 is 5.97 Å². The maximum Gasteiger partial charge on any atom is 0.337 e. The van der Waals surface area contributed by atoms with Crippen molar-refractivity contribution >= 4 is 27.5 Å². The first kappa shape index (κ1) is 19.1. The van der Waals surface area contributed by atoms with E-state index in [-0.39, 0.29) is 5.97 Å². The summed E-state index contributed by atoms with van der Waals surface area (Å²) in [5, 5.41) is 1.20. The van der Waals surface area contributed by atoms with E-state index in [2.05, 4.69) is 24.3 Å². The Balaban J connectivity index is 1.31. The van der Waals surface area contributed by atoms with Crippen LogP contribution in [0.4, 0.5) is 0 Å². The fourth-order valence-corrected chi connectivity index (χ4v) is 4.98. The van der Waals surface area contributed by atoms with E-state index in [1.807, 2.05) is 24.3 Å². The highest BCUT2D eigenvalue weighted by atomic mass is 32.1. The van der Waals surface area contributed by atoms with Crippen LogP contribution in [0.2, 0.25) is 0 Å². The van der Waals surface area contributed by atoms with Crippen LogP contribution >= 0.6 is 11.3 Å². The quantitative estimate of drug-likeness (QED) is 0.512. The van der Waals surface area contributed by atoms with Gasteiger partial charge in [-0.3, -0.25) is 0 Å². The van der Waals surface area contributed by atoms with Crippen LogP contribution in [0.3, 0.4) is 0 Å². The van der Waals surface area contributed by atoms with Crippen molar-refractivity contribution < 1.29 is 14.3 Å². The Bertz CT molecular complexity index is 929. The molecule has 0 unspecified atom stereocenters. The number of hydrogen-bond acceptors (Lipinski definition) is 5. The van der Waals surface area contributed by atoms with Gasteiger partial charge in [0.2, 0.25) is 0 Å². The van der Waals surface area contributed by atoms with E-state index in [0.717, 1.165) is 29.7 Å². The van der Waals surface area contributed by atoms with Gasteiger partial charge < -0.3 is 9.47 Å². The Morgan fingerprint density at radius 2 is 1.89 bits per heavy atom. The normalized spacial score (nSPS) is 19.6. The number of rotatable bonds is 6. The first-order valence-electron chi connectivity index (χ1n) is 9.83. The summed E-state index contributed by atoms with van der Waals surface area (Å²) >= 11 is 1.75. The molecule has 0 atom stereocenters. The Morgan fingerprint density at radius 3 is 2.64 bits per heavy atom. The number of thiazole rings is 1. The number of methoxy groups -OCH3 is 1. The van der Waals surface area contributed by atoms with Crippen molar-refractivity contribution in [3.8, 4) is 0 Å². The third kappa shape index (κ3) is 4.42. The van der Waals surface area contributed by atoms with Gasteiger partial charge in [-0.1, -0.05) is 30.3 Å². The van der Waals surface area contributed by atoms with Gasteiger partial charge in [0, 0.05) is 12.5 Å². The summed E-state index contributed by atoms with van der Waals surface area (Å²) in [6.45, 7) is 1.53. The Morgan fingerprint density at radius 1 is 1.11 bits per heavy atom. The van der Waals surface area contributed by atoms with Crippen LogP contribution < -0.4 is 0 Å². The molecule has 28 heavy (non-hydrogen) atoms. The fourth-order valence-electron chi connectivity index (χ4n) is 3.86. The molecule has 3 aromatic rings. The average Bonchev–Trinajstić information content (AvgIpc) is 3.18. The number of aromatic nitrogens is 1. The van der Waals surface area contributed by atoms with Gasteiger partial charge in [0.15, 0.2) is 0 Å². The zero-order chi connectivity index (χ0) is 19.3. The van der Waals surface area contributed by atoms with Crippen molar-refractivity contribution in [3.63, 3.8) is 0 Å². The highest BCUT2D eigenvalue weighted by molar-refractivity contribution is 7.18. The molecule has 0 radical (unpaired) electrons. The van der Waals surface area contributed by atoms with Crippen LogP contribution in [0.5, 0.6) is 0 Å². The van der Waals surface area contributed by atoms with Crippen molar-refractivity contribution in [2.75, 3.05) is 13.7 Å². The SMILES string of the molecule is COC(=O)c1ccc2sc([C@H]3CC[C@H](COCc4ccccc4)CC3)nc2c1. The maximum absolute atomic E-state index is 11.7. The Hall–Kier alpha value is -2.24. The second kappa shape index (κ2) is 8.84. The lowest BCUT2D eigenvalue weighted by Crippen LogP contribution is -2.17. The fraction of sp³-hybridized carbons (Fsp3) is 0.391. The van der Waals surface area contributed by atoms with Crippen molar-refractivity contribution in [2.45, 2.75) is 38.2 Å². The van der Waals surface area contributed by atoms with E-state index in [9.17, 15) is 4.79 Å². The van der Waals surface area contributed by atoms with Crippen molar-refractivity contribution in [1.82, 2.24) is 4.98 Å². The van der Waals surface area contributed by atoms with Gasteiger partial charge in [0.05, 0.1) is 34.5 Å². The van der Waals surface area contributed by atoms with Crippen molar-refractivity contribution in [3.05, 3.63) is 64.7 Å². The lowest BCUT2D eigenvalue weighted by Gasteiger charge is -2.27. The molecule has 1 saturated carbocycles. The van der Waals surface area contributed by atoms with Gasteiger partial charge in [0.25, 0.3) is 0 Å².